The summed E-state index contributed by atoms with van der Waals surface area (Å²) in [5.74, 6) is 2.38. The molecule has 5 nitrogen and oxygen atoms in total. The maximum Gasteiger partial charge on any atom is 0.261 e. The van der Waals surface area contributed by atoms with Crippen LogP contribution < -0.4 is 10.5 Å². The van der Waals surface area contributed by atoms with E-state index in [9.17, 15) is 0 Å². The van der Waals surface area contributed by atoms with Gasteiger partial charge in [0.1, 0.15) is 5.75 Å². The van der Waals surface area contributed by atoms with Gasteiger partial charge in [0.15, 0.2) is 5.82 Å². The molecule has 1 heterocycles. The van der Waals surface area contributed by atoms with E-state index in [1.165, 1.54) is 6.42 Å². The molecule has 0 amide bonds. The Bertz CT molecular complexity index is 625. The summed E-state index contributed by atoms with van der Waals surface area (Å²) in [6.45, 7) is 2.22. The van der Waals surface area contributed by atoms with Crippen molar-refractivity contribution in [3.63, 3.8) is 0 Å². The molecule has 1 fully saturated rings. The second-order valence-corrected chi connectivity index (χ2v) is 5.98. The average molecular weight is 287 g/mol. The lowest BCUT2D eigenvalue weighted by molar-refractivity contribution is 0.222. The summed E-state index contributed by atoms with van der Waals surface area (Å²) in [6.07, 6.45) is 4.13. The fourth-order valence-corrected chi connectivity index (χ4v) is 3.15. The van der Waals surface area contributed by atoms with Crippen LogP contribution in [-0.4, -0.2) is 17.3 Å². The molecule has 0 radical (unpaired) electrons. The molecule has 1 aromatic carbocycles. The number of ether oxygens (including phenoxy) is 1. The normalized spacial score (nSPS) is 25.8. The van der Waals surface area contributed by atoms with Gasteiger partial charge < -0.3 is 15.0 Å². The molecule has 0 aliphatic heterocycles. The fourth-order valence-electron chi connectivity index (χ4n) is 3.15. The van der Waals surface area contributed by atoms with Crippen LogP contribution >= 0.6 is 0 Å². The summed E-state index contributed by atoms with van der Waals surface area (Å²) in [6, 6.07) is 7.61. The Labute approximate surface area is 124 Å². The molecule has 2 N–H and O–H groups in total. The molecule has 1 aromatic heterocycles. The monoisotopic (exact) mass is 287 g/mol. The van der Waals surface area contributed by atoms with Crippen LogP contribution in [0.2, 0.25) is 0 Å². The van der Waals surface area contributed by atoms with E-state index >= 15 is 0 Å². The number of rotatable bonds is 3. The number of nitrogens with two attached hydrogens (primary N) is 1. The second-order valence-electron chi connectivity index (χ2n) is 5.98. The highest BCUT2D eigenvalue weighted by Crippen LogP contribution is 2.37. The number of hydrogen-bond donors (Lipinski definition) is 1. The quantitative estimate of drug-likeness (QED) is 0.938. The van der Waals surface area contributed by atoms with Crippen molar-refractivity contribution in [1.29, 1.82) is 0 Å². The summed E-state index contributed by atoms with van der Waals surface area (Å²) in [5.41, 5.74) is 6.84. The molecule has 2 atom stereocenters. The second kappa shape index (κ2) is 5.48. The van der Waals surface area contributed by atoms with E-state index in [1.54, 1.807) is 7.11 Å². The SMILES string of the molecule is COc1ccccc1-c1nc(C2(N)CCCC(C)C2)no1. The lowest BCUT2D eigenvalue weighted by Gasteiger charge is -2.33. The minimum absolute atomic E-state index is 0.463. The van der Waals surface area contributed by atoms with Gasteiger partial charge >= 0.3 is 0 Å². The zero-order valence-corrected chi connectivity index (χ0v) is 12.5. The van der Waals surface area contributed by atoms with Crippen LogP contribution in [0.1, 0.15) is 38.4 Å². The molecular formula is C16H21N3O2. The Morgan fingerprint density at radius 2 is 2.19 bits per heavy atom. The molecule has 1 aliphatic rings. The third-order valence-electron chi connectivity index (χ3n) is 4.24. The number of nitrogens with zero attached hydrogens (tertiary/aromatic N) is 2. The fraction of sp³-hybridized carbons (Fsp3) is 0.500. The number of benzene rings is 1. The molecule has 1 saturated carbocycles. The van der Waals surface area contributed by atoms with Crippen molar-refractivity contribution in [2.24, 2.45) is 11.7 Å². The smallest absolute Gasteiger partial charge is 0.261 e. The topological polar surface area (TPSA) is 74.2 Å². The van der Waals surface area contributed by atoms with Crippen LogP contribution in [0, 0.1) is 5.92 Å². The molecule has 1 aliphatic carbocycles. The molecule has 21 heavy (non-hydrogen) atoms. The van der Waals surface area contributed by atoms with Gasteiger partial charge in [0, 0.05) is 0 Å². The van der Waals surface area contributed by atoms with Crippen LogP contribution in [0.5, 0.6) is 5.75 Å². The van der Waals surface area contributed by atoms with Crippen LogP contribution in [0.3, 0.4) is 0 Å². The van der Waals surface area contributed by atoms with Crippen LogP contribution in [0.4, 0.5) is 0 Å². The molecule has 0 saturated heterocycles. The van der Waals surface area contributed by atoms with E-state index < -0.39 is 5.54 Å². The minimum Gasteiger partial charge on any atom is -0.496 e. The number of hydrogen-bond acceptors (Lipinski definition) is 5. The van der Waals surface area contributed by atoms with Gasteiger partial charge in [-0.25, -0.2) is 0 Å². The van der Waals surface area contributed by atoms with Gasteiger partial charge in [0.05, 0.1) is 18.2 Å². The molecule has 0 spiro atoms. The van der Waals surface area contributed by atoms with Gasteiger partial charge in [-0.05, 0) is 30.9 Å². The third-order valence-corrected chi connectivity index (χ3v) is 4.24. The summed E-state index contributed by atoms with van der Waals surface area (Å²) in [4.78, 5) is 4.54. The summed E-state index contributed by atoms with van der Waals surface area (Å²) < 4.78 is 10.8. The van der Waals surface area contributed by atoms with Gasteiger partial charge in [0.25, 0.3) is 5.89 Å². The van der Waals surface area contributed by atoms with Gasteiger partial charge in [-0.1, -0.05) is 37.1 Å². The van der Waals surface area contributed by atoms with Gasteiger partial charge in [-0.15, -0.1) is 0 Å². The highest BCUT2D eigenvalue weighted by atomic mass is 16.5. The Kier molecular flexibility index (Phi) is 3.68. The first-order valence-corrected chi connectivity index (χ1v) is 7.39. The van der Waals surface area contributed by atoms with E-state index in [4.69, 9.17) is 15.0 Å². The van der Waals surface area contributed by atoms with Crippen molar-refractivity contribution in [2.45, 2.75) is 38.1 Å². The summed E-state index contributed by atoms with van der Waals surface area (Å²) in [7, 11) is 1.63. The molecule has 5 heteroatoms. The van der Waals surface area contributed by atoms with E-state index in [-0.39, 0.29) is 0 Å². The van der Waals surface area contributed by atoms with Gasteiger partial charge in [-0.2, -0.15) is 4.98 Å². The first-order chi connectivity index (χ1) is 10.1. The highest BCUT2D eigenvalue weighted by molar-refractivity contribution is 5.62. The van der Waals surface area contributed by atoms with Crippen LogP contribution in [-0.2, 0) is 5.54 Å². The zero-order chi connectivity index (χ0) is 14.9. The zero-order valence-electron chi connectivity index (χ0n) is 12.5. The first-order valence-electron chi connectivity index (χ1n) is 7.39. The van der Waals surface area contributed by atoms with Crippen LogP contribution in [0.25, 0.3) is 11.5 Å². The number of aromatic nitrogens is 2. The number of methoxy groups -OCH3 is 1. The molecule has 3 rings (SSSR count). The number of para-hydroxylation sites is 1. The van der Waals surface area contributed by atoms with Crippen molar-refractivity contribution in [1.82, 2.24) is 10.1 Å². The van der Waals surface area contributed by atoms with Crippen molar-refractivity contribution in [3.8, 4) is 17.2 Å². The predicted octanol–water partition coefficient (Wildman–Crippen LogP) is 3.11. The van der Waals surface area contributed by atoms with Gasteiger partial charge in [0.2, 0.25) is 0 Å². The molecule has 2 unspecified atom stereocenters. The minimum atomic E-state index is -0.471. The van der Waals surface area contributed by atoms with E-state index in [0.717, 1.165) is 30.6 Å². The van der Waals surface area contributed by atoms with Crippen molar-refractivity contribution < 1.29 is 9.26 Å². The maximum absolute atomic E-state index is 6.52. The molecular weight excluding hydrogens is 266 g/mol. The van der Waals surface area contributed by atoms with Crippen molar-refractivity contribution in [2.75, 3.05) is 7.11 Å². The maximum atomic E-state index is 6.52. The molecule has 2 aromatic rings. The highest BCUT2D eigenvalue weighted by Gasteiger charge is 2.37. The van der Waals surface area contributed by atoms with E-state index in [0.29, 0.717) is 17.6 Å². The third kappa shape index (κ3) is 2.65. The van der Waals surface area contributed by atoms with Crippen molar-refractivity contribution >= 4 is 0 Å². The van der Waals surface area contributed by atoms with E-state index in [1.807, 2.05) is 24.3 Å². The molecule has 112 valence electrons. The first kappa shape index (κ1) is 14.1. The summed E-state index contributed by atoms with van der Waals surface area (Å²) in [5, 5.41) is 4.13. The lowest BCUT2D eigenvalue weighted by atomic mass is 9.76. The summed E-state index contributed by atoms with van der Waals surface area (Å²) >= 11 is 0. The molecule has 0 bridgehead atoms. The predicted molar refractivity (Wildman–Crippen MR) is 79.8 cm³/mol. The standard InChI is InChI=1S/C16H21N3O2/c1-11-6-5-9-16(17,10-11)15-18-14(21-19-15)12-7-3-4-8-13(12)20-2/h3-4,7-8,11H,5-6,9-10,17H2,1-2H3. The Morgan fingerprint density at radius 3 is 2.95 bits per heavy atom. The Hall–Kier alpha value is -1.88. The van der Waals surface area contributed by atoms with Crippen LogP contribution in [0.15, 0.2) is 28.8 Å². The van der Waals surface area contributed by atoms with Crippen molar-refractivity contribution in [3.05, 3.63) is 30.1 Å². The lowest BCUT2D eigenvalue weighted by Crippen LogP contribution is -2.42. The Morgan fingerprint density at radius 1 is 1.38 bits per heavy atom. The van der Waals surface area contributed by atoms with Gasteiger partial charge in [-0.3, -0.25) is 0 Å². The Balaban J connectivity index is 1.93. The van der Waals surface area contributed by atoms with E-state index in [2.05, 4.69) is 17.1 Å². The average Bonchev–Trinajstić information content (AvgIpc) is 2.97. The largest absolute Gasteiger partial charge is 0.496 e.